The molecule has 4 nitrogen and oxygen atoms in total. The van der Waals surface area contributed by atoms with Crippen LogP contribution in [0.2, 0.25) is 0 Å². The van der Waals surface area contributed by atoms with Crippen LogP contribution in [-0.2, 0) is 0 Å². The van der Waals surface area contributed by atoms with Gasteiger partial charge in [0.1, 0.15) is 0 Å². The molecule has 0 aliphatic heterocycles. The maximum atomic E-state index is 11.6. The number of carbonyl (C=O) groups excluding carboxylic acids is 1. The summed E-state index contributed by atoms with van der Waals surface area (Å²) in [5.41, 5.74) is 0. The molecule has 1 aliphatic rings. The maximum absolute atomic E-state index is 11.6. The van der Waals surface area contributed by atoms with Gasteiger partial charge >= 0.3 is 6.03 Å². The zero-order valence-electron chi connectivity index (χ0n) is 10.9. The van der Waals surface area contributed by atoms with E-state index in [1.165, 1.54) is 19.3 Å². The third-order valence-electron chi connectivity index (χ3n) is 3.41. The van der Waals surface area contributed by atoms with Gasteiger partial charge in [0, 0.05) is 19.2 Å². The van der Waals surface area contributed by atoms with Gasteiger partial charge in [0.15, 0.2) is 0 Å². The standard InChI is InChI=1S/C13H26N2O2/c1-11(10-16)6-5-9-14-13(17)15-12-7-3-2-4-8-12/h11-12,16H,2-10H2,1H3,(H2,14,15,17). The van der Waals surface area contributed by atoms with Gasteiger partial charge in [-0.1, -0.05) is 26.2 Å². The number of amides is 2. The molecule has 1 aliphatic carbocycles. The minimum Gasteiger partial charge on any atom is -0.396 e. The van der Waals surface area contributed by atoms with Crippen LogP contribution in [-0.4, -0.2) is 30.3 Å². The van der Waals surface area contributed by atoms with E-state index < -0.39 is 0 Å². The molecule has 100 valence electrons. The lowest BCUT2D eigenvalue weighted by Crippen LogP contribution is -2.43. The lowest BCUT2D eigenvalue weighted by molar-refractivity contribution is 0.224. The summed E-state index contributed by atoms with van der Waals surface area (Å²) in [6, 6.07) is 0.341. The molecule has 0 radical (unpaired) electrons. The van der Waals surface area contributed by atoms with Crippen molar-refractivity contribution < 1.29 is 9.90 Å². The van der Waals surface area contributed by atoms with Gasteiger partial charge in [-0.05, 0) is 31.6 Å². The van der Waals surface area contributed by atoms with E-state index in [0.29, 0.717) is 18.5 Å². The van der Waals surface area contributed by atoms with Gasteiger partial charge in [0.05, 0.1) is 0 Å². The monoisotopic (exact) mass is 242 g/mol. The van der Waals surface area contributed by atoms with Crippen LogP contribution in [0.25, 0.3) is 0 Å². The van der Waals surface area contributed by atoms with Crippen molar-refractivity contribution in [2.45, 2.75) is 57.9 Å². The van der Waals surface area contributed by atoms with Crippen molar-refractivity contribution in [3.63, 3.8) is 0 Å². The average Bonchev–Trinajstić information content (AvgIpc) is 2.35. The molecular formula is C13H26N2O2. The van der Waals surface area contributed by atoms with Crippen LogP contribution in [0.3, 0.4) is 0 Å². The molecule has 3 N–H and O–H groups in total. The Morgan fingerprint density at radius 2 is 2.06 bits per heavy atom. The van der Waals surface area contributed by atoms with E-state index in [1.54, 1.807) is 0 Å². The Labute approximate surface area is 104 Å². The van der Waals surface area contributed by atoms with Gasteiger partial charge < -0.3 is 15.7 Å². The molecular weight excluding hydrogens is 216 g/mol. The number of hydrogen-bond acceptors (Lipinski definition) is 2. The third kappa shape index (κ3) is 6.51. The van der Waals surface area contributed by atoms with Gasteiger partial charge in [0.25, 0.3) is 0 Å². The molecule has 4 heteroatoms. The molecule has 0 bridgehead atoms. The van der Waals surface area contributed by atoms with Crippen LogP contribution in [0.4, 0.5) is 4.79 Å². The topological polar surface area (TPSA) is 61.4 Å². The first-order chi connectivity index (χ1) is 8.22. The van der Waals surface area contributed by atoms with Crippen molar-refractivity contribution in [2.24, 2.45) is 5.92 Å². The van der Waals surface area contributed by atoms with Crippen LogP contribution >= 0.6 is 0 Å². The van der Waals surface area contributed by atoms with Crippen molar-refractivity contribution in [3.8, 4) is 0 Å². The summed E-state index contributed by atoms with van der Waals surface area (Å²) in [5, 5.41) is 14.8. The lowest BCUT2D eigenvalue weighted by Gasteiger charge is -2.22. The van der Waals surface area contributed by atoms with Crippen molar-refractivity contribution in [1.82, 2.24) is 10.6 Å². The number of carbonyl (C=O) groups is 1. The Kier molecular flexibility index (Phi) is 7.01. The fourth-order valence-corrected chi connectivity index (χ4v) is 2.23. The number of aliphatic hydroxyl groups excluding tert-OH is 1. The summed E-state index contributed by atoms with van der Waals surface area (Å²) < 4.78 is 0. The Balaban J connectivity index is 2.00. The van der Waals surface area contributed by atoms with Crippen molar-refractivity contribution >= 4 is 6.03 Å². The van der Waals surface area contributed by atoms with E-state index in [2.05, 4.69) is 10.6 Å². The highest BCUT2D eigenvalue weighted by atomic mass is 16.3. The molecule has 1 fully saturated rings. The van der Waals surface area contributed by atoms with Crippen molar-refractivity contribution in [3.05, 3.63) is 0 Å². The number of hydrogen-bond donors (Lipinski definition) is 3. The maximum Gasteiger partial charge on any atom is 0.315 e. The molecule has 0 spiro atoms. The van der Waals surface area contributed by atoms with Crippen LogP contribution in [0.1, 0.15) is 51.9 Å². The van der Waals surface area contributed by atoms with Gasteiger partial charge in [0.2, 0.25) is 0 Å². The largest absolute Gasteiger partial charge is 0.396 e. The minimum atomic E-state index is -0.0337. The summed E-state index contributed by atoms with van der Waals surface area (Å²) in [4.78, 5) is 11.6. The van der Waals surface area contributed by atoms with Gasteiger partial charge in [-0.25, -0.2) is 4.79 Å². The molecule has 0 saturated heterocycles. The Hall–Kier alpha value is -0.770. The Bertz CT molecular complexity index is 215. The molecule has 1 atom stereocenters. The van der Waals surface area contributed by atoms with E-state index >= 15 is 0 Å². The quantitative estimate of drug-likeness (QED) is 0.624. The molecule has 1 rings (SSSR count). The summed E-state index contributed by atoms with van der Waals surface area (Å²) in [5.74, 6) is 0.332. The lowest BCUT2D eigenvalue weighted by atomic mass is 9.96. The molecule has 1 unspecified atom stereocenters. The number of nitrogens with one attached hydrogen (secondary N) is 2. The summed E-state index contributed by atoms with van der Waals surface area (Å²) >= 11 is 0. The average molecular weight is 242 g/mol. The fourth-order valence-electron chi connectivity index (χ4n) is 2.23. The molecule has 0 aromatic heterocycles. The molecule has 0 heterocycles. The molecule has 17 heavy (non-hydrogen) atoms. The Morgan fingerprint density at radius 1 is 1.35 bits per heavy atom. The van der Waals surface area contributed by atoms with Crippen LogP contribution < -0.4 is 10.6 Å². The SMILES string of the molecule is CC(CO)CCCNC(=O)NC1CCCCC1. The van der Waals surface area contributed by atoms with Crippen molar-refractivity contribution in [1.29, 1.82) is 0 Å². The van der Waals surface area contributed by atoms with Crippen molar-refractivity contribution in [2.75, 3.05) is 13.2 Å². The second-order valence-corrected chi connectivity index (χ2v) is 5.17. The van der Waals surface area contributed by atoms with E-state index in [9.17, 15) is 4.79 Å². The highest BCUT2D eigenvalue weighted by molar-refractivity contribution is 5.74. The molecule has 2 amide bonds. The van der Waals surface area contributed by atoms with E-state index in [-0.39, 0.29) is 12.6 Å². The first-order valence-electron chi connectivity index (χ1n) is 6.87. The van der Waals surface area contributed by atoms with Crippen LogP contribution in [0, 0.1) is 5.92 Å². The number of rotatable bonds is 6. The van der Waals surface area contributed by atoms with E-state index in [4.69, 9.17) is 5.11 Å². The molecule has 0 aromatic rings. The predicted octanol–water partition coefficient (Wildman–Crippen LogP) is 2.03. The number of aliphatic hydroxyl groups is 1. The van der Waals surface area contributed by atoms with Crippen LogP contribution in [0.5, 0.6) is 0 Å². The van der Waals surface area contributed by atoms with Gasteiger partial charge in [-0.3, -0.25) is 0 Å². The van der Waals surface area contributed by atoms with E-state index in [0.717, 1.165) is 25.7 Å². The van der Waals surface area contributed by atoms with Gasteiger partial charge in [-0.2, -0.15) is 0 Å². The normalized spacial score (nSPS) is 18.7. The predicted molar refractivity (Wildman–Crippen MR) is 68.9 cm³/mol. The minimum absolute atomic E-state index is 0.0337. The first kappa shape index (κ1) is 14.3. The summed E-state index contributed by atoms with van der Waals surface area (Å²) in [7, 11) is 0. The second-order valence-electron chi connectivity index (χ2n) is 5.17. The highest BCUT2D eigenvalue weighted by Gasteiger charge is 2.14. The van der Waals surface area contributed by atoms with Gasteiger partial charge in [-0.15, -0.1) is 0 Å². The molecule has 1 saturated carbocycles. The Morgan fingerprint density at radius 3 is 2.71 bits per heavy atom. The first-order valence-corrected chi connectivity index (χ1v) is 6.87. The number of urea groups is 1. The zero-order valence-corrected chi connectivity index (χ0v) is 10.9. The second kappa shape index (κ2) is 8.34. The fraction of sp³-hybridized carbons (Fsp3) is 0.923. The third-order valence-corrected chi connectivity index (χ3v) is 3.41. The van der Waals surface area contributed by atoms with Crippen LogP contribution in [0.15, 0.2) is 0 Å². The highest BCUT2D eigenvalue weighted by Crippen LogP contribution is 2.17. The zero-order chi connectivity index (χ0) is 12.5. The molecule has 0 aromatic carbocycles. The summed E-state index contributed by atoms with van der Waals surface area (Å²) in [6.07, 6.45) is 7.90. The van der Waals surface area contributed by atoms with E-state index in [1.807, 2.05) is 6.92 Å². The summed E-state index contributed by atoms with van der Waals surface area (Å²) in [6.45, 7) is 2.94. The smallest absolute Gasteiger partial charge is 0.315 e.